The fourth-order valence-electron chi connectivity index (χ4n) is 0.826. The summed E-state index contributed by atoms with van der Waals surface area (Å²) in [6.07, 6.45) is 7.01. The second-order valence-corrected chi connectivity index (χ2v) is 9.08. The Morgan fingerprint density at radius 1 is 1.36 bits per heavy atom. The van der Waals surface area contributed by atoms with E-state index in [1.165, 1.54) is 32.1 Å². The van der Waals surface area contributed by atoms with Crippen LogP contribution in [0.5, 0.6) is 0 Å². The van der Waals surface area contributed by atoms with E-state index in [-0.39, 0.29) is 0 Å². The van der Waals surface area contributed by atoms with E-state index < -0.39 is 5.69 Å². The first kappa shape index (κ1) is 18.0. The zero-order valence-corrected chi connectivity index (χ0v) is 13.1. The average Bonchev–Trinajstić information content (AvgIpc) is 2.01. The van der Waals surface area contributed by atoms with Crippen LogP contribution in [0.2, 0.25) is 4.31 Å². The molecule has 1 atom stereocenters. The topological polar surface area (TPSA) is 46.1 Å². The molecule has 0 radical (unpaired) electrons. The van der Waals surface area contributed by atoms with Crippen molar-refractivity contribution in [3.05, 3.63) is 0 Å². The van der Waals surface area contributed by atoms with Crippen molar-refractivity contribution in [3.8, 4) is 0 Å². The third kappa shape index (κ3) is 29.2. The Morgan fingerprint density at radius 2 is 1.79 bits per heavy atom. The van der Waals surface area contributed by atoms with Gasteiger partial charge in [0, 0.05) is 0 Å². The Bertz CT molecular complexity index is 155. The van der Waals surface area contributed by atoms with Crippen molar-refractivity contribution in [2.45, 2.75) is 50.3 Å². The molecule has 0 fully saturated rings. The van der Waals surface area contributed by atoms with Gasteiger partial charge in [-0.15, -0.1) is 0 Å². The number of rotatable bonds is 5. The summed E-state index contributed by atoms with van der Waals surface area (Å²) in [6, 6.07) is 0. The SMILES string of the molecule is CCCCC[CH]([Mo+3])CC.[O-]P([O-])(=S)[S-]. The molecule has 0 aliphatic carbocycles. The Kier molecular flexibility index (Phi) is 14.3. The second-order valence-electron chi connectivity index (χ2n) is 2.97. The predicted molar refractivity (Wildman–Crippen MR) is 59.8 cm³/mol. The Balaban J connectivity index is 0. The van der Waals surface area contributed by atoms with Crippen LogP contribution in [0.4, 0.5) is 0 Å². The first-order valence-corrected chi connectivity index (χ1v) is 9.51. The van der Waals surface area contributed by atoms with Gasteiger partial charge in [0.25, 0.3) is 0 Å². The Morgan fingerprint density at radius 3 is 2.07 bits per heavy atom. The van der Waals surface area contributed by atoms with E-state index in [1.54, 1.807) is 0 Å². The second kappa shape index (κ2) is 11.1. The first-order valence-electron chi connectivity index (χ1n) is 4.70. The van der Waals surface area contributed by atoms with Gasteiger partial charge in [-0.25, -0.2) is 0 Å². The van der Waals surface area contributed by atoms with Crippen molar-refractivity contribution < 1.29 is 29.6 Å². The van der Waals surface area contributed by atoms with E-state index in [0.29, 0.717) is 0 Å². The standard InChI is InChI=1S/C8H17.Mo.H3O2PS2/c1-3-5-7-8-6-4-2;;1-3(2,4)5/h5H,3-4,6-8H2,1-2H3;;(H3,1,2,4,5)/q;+3;/p-3. The van der Waals surface area contributed by atoms with Crippen molar-refractivity contribution in [2.75, 3.05) is 0 Å². The Hall–Kier alpha value is 1.61. The van der Waals surface area contributed by atoms with Gasteiger partial charge in [0.2, 0.25) is 0 Å². The fraction of sp³-hybridized carbons (Fsp3) is 1.00. The molecule has 6 heteroatoms. The molecule has 0 amide bonds. The van der Waals surface area contributed by atoms with Crippen LogP contribution in [-0.2, 0) is 43.9 Å². The smallest absolute Gasteiger partial charge is 0.160 e. The number of hydrogen-bond acceptors (Lipinski definition) is 4. The molecule has 0 saturated carbocycles. The van der Waals surface area contributed by atoms with Gasteiger partial charge < -0.3 is 27.7 Å². The van der Waals surface area contributed by atoms with Crippen LogP contribution in [0.3, 0.4) is 0 Å². The van der Waals surface area contributed by atoms with Crippen LogP contribution in [0.25, 0.3) is 0 Å². The summed E-state index contributed by atoms with van der Waals surface area (Å²) in [6.45, 7) is 4.54. The maximum absolute atomic E-state index is 9.29. The maximum Gasteiger partial charge on any atom is -0.160 e. The molecule has 0 bridgehead atoms. The summed E-state index contributed by atoms with van der Waals surface area (Å²) in [7, 11) is 0. The first-order chi connectivity index (χ1) is 6.31. The molecular weight excluding hydrogens is 319 g/mol. The van der Waals surface area contributed by atoms with Crippen molar-refractivity contribution >= 4 is 29.7 Å². The van der Waals surface area contributed by atoms with Crippen LogP contribution in [0, 0.1) is 0 Å². The van der Waals surface area contributed by atoms with E-state index in [0.717, 1.165) is 4.31 Å². The molecule has 0 aromatic heterocycles. The summed E-state index contributed by atoms with van der Waals surface area (Å²) in [5, 5.41) is 0. The third-order valence-electron chi connectivity index (χ3n) is 1.58. The van der Waals surface area contributed by atoms with Gasteiger partial charge in [0.15, 0.2) is 0 Å². The van der Waals surface area contributed by atoms with Crippen LogP contribution >= 0.6 is 5.69 Å². The van der Waals surface area contributed by atoms with Gasteiger partial charge in [-0.3, -0.25) is 0 Å². The van der Waals surface area contributed by atoms with E-state index in [2.05, 4.69) is 57.7 Å². The minimum absolute atomic E-state index is 0.965. The molecule has 0 saturated heterocycles. The summed E-state index contributed by atoms with van der Waals surface area (Å²) in [5.41, 5.74) is -3.72. The van der Waals surface area contributed by atoms with E-state index in [4.69, 9.17) is 0 Å². The molecule has 0 aliphatic rings. The monoisotopic (exact) mass is 338 g/mol. The molecule has 0 N–H and O–H groups in total. The molecule has 14 heavy (non-hydrogen) atoms. The minimum atomic E-state index is -3.72. The van der Waals surface area contributed by atoms with Crippen molar-refractivity contribution in [1.82, 2.24) is 0 Å². The largest absolute Gasteiger partial charge is 0.850 e. The van der Waals surface area contributed by atoms with Crippen LogP contribution in [0.1, 0.15) is 46.0 Å². The zero-order chi connectivity index (χ0) is 11.6. The predicted octanol–water partition coefficient (Wildman–Crippen LogP) is 1.79. The van der Waals surface area contributed by atoms with Crippen LogP contribution < -0.4 is 9.79 Å². The zero-order valence-electron chi connectivity index (χ0n) is 8.60. The van der Waals surface area contributed by atoms with E-state index in [1.807, 2.05) is 0 Å². The molecule has 0 aliphatic heterocycles. The fourth-order valence-corrected chi connectivity index (χ4v) is 1.24. The molecule has 0 aromatic rings. The average molecular weight is 336 g/mol. The quantitative estimate of drug-likeness (QED) is 0.332. The molecule has 0 rings (SSSR count). The number of unbranched alkanes of at least 4 members (excludes halogenated alkanes) is 2. The van der Waals surface area contributed by atoms with Crippen LogP contribution in [-0.4, -0.2) is 0 Å². The summed E-state index contributed by atoms with van der Waals surface area (Å²) < 4.78 is 0.965. The van der Waals surface area contributed by atoms with Crippen molar-refractivity contribution in [1.29, 1.82) is 0 Å². The summed E-state index contributed by atoms with van der Waals surface area (Å²) >= 11 is 9.56. The Labute approximate surface area is 109 Å². The van der Waals surface area contributed by atoms with Gasteiger partial charge in [-0.05, 0) is 0 Å². The number of hydrogen-bond donors (Lipinski definition) is 0. The van der Waals surface area contributed by atoms with E-state index in [9.17, 15) is 9.79 Å². The molecular formula is C8H17MoO2PS2. The normalized spacial score (nSPS) is 12.9. The molecule has 2 nitrogen and oxygen atoms in total. The maximum atomic E-state index is 9.29. The molecule has 84 valence electrons. The summed E-state index contributed by atoms with van der Waals surface area (Å²) in [5.74, 6) is 0. The van der Waals surface area contributed by atoms with Crippen molar-refractivity contribution in [3.63, 3.8) is 0 Å². The molecule has 0 aromatic carbocycles. The third-order valence-corrected chi connectivity index (χ3v) is 2.98. The molecule has 1 unspecified atom stereocenters. The van der Waals surface area contributed by atoms with Crippen LogP contribution in [0.15, 0.2) is 0 Å². The van der Waals surface area contributed by atoms with Gasteiger partial charge in [0.05, 0.1) is 0 Å². The minimum Gasteiger partial charge on any atom is -0.850 e. The van der Waals surface area contributed by atoms with Gasteiger partial charge in [-0.2, -0.15) is 11.8 Å². The van der Waals surface area contributed by atoms with Gasteiger partial charge in [-0.1, -0.05) is 0 Å². The molecule has 0 heterocycles. The summed E-state index contributed by atoms with van der Waals surface area (Å²) in [4.78, 5) is 18.6. The van der Waals surface area contributed by atoms with Gasteiger partial charge in [0.1, 0.15) is 0 Å². The van der Waals surface area contributed by atoms with E-state index >= 15 is 0 Å². The molecule has 0 spiro atoms. The van der Waals surface area contributed by atoms with Crippen molar-refractivity contribution in [2.24, 2.45) is 0 Å². The van der Waals surface area contributed by atoms with Gasteiger partial charge >= 0.3 is 70.1 Å².